The van der Waals surface area contributed by atoms with Crippen molar-refractivity contribution in [3.05, 3.63) is 34.3 Å². The normalized spacial score (nSPS) is 17.9. The van der Waals surface area contributed by atoms with Crippen LogP contribution in [0.2, 0.25) is 0 Å². The number of halogens is 1. The van der Waals surface area contributed by atoms with Crippen molar-refractivity contribution in [2.45, 2.75) is 26.4 Å². The van der Waals surface area contributed by atoms with Gasteiger partial charge in [0.05, 0.1) is 6.61 Å². The van der Waals surface area contributed by atoms with Crippen LogP contribution in [0.25, 0.3) is 0 Å². The van der Waals surface area contributed by atoms with Crippen LogP contribution in [-0.2, 0) is 4.74 Å². The van der Waals surface area contributed by atoms with E-state index >= 15 is 0 Å². The van der Waals surface area contributed by atoms with E-state index in [4.69, 9.17) is 9.47 Å². The number of carbonyl (C=O) groups is 1. The lowest BCUT2D eigenvalue weighted by Gasteiger charge is -2.24. The Morgan fingerprint density at radius 2 is 2.29 bits per heavy atom. The molecule has 1 aliphatic rings. The molecule has 6 heteroatoms. The first-order valence-electron chi connectivity index (χ1n) is 6.76. The predicted octanol–water partition coefficient (Wildman–Crippen LogP) is 3.45. The predicted molar refractivity (Wildman–Crippen MR) is 88.0 cm³/mol. The van der Waals surface area contributed by atoms with Gasteiger partial charge >= 0.3 is 6.09 Å². The quantitative estimate of drug-likeness (QED) is 0.574. The lowest BCUT2D eigenvalue weighted by atomic mass is 10.2. The molecular formula is C15H19IN2O3. The Hall–Kier alpha value is -1.31. The summed E-state index contributed by atoms with van der Waals surface area (Å²) in [6.45, 7) is 6.66. The zero-order valence-corrected chi connectivity index (χ0v) is 14.5. The number of aromatic nitrogens is 1. The second-order valence-corrected chi connectivity index (χ2v) is 6.86. The lowest BCUT2D eigenvalue weighted by Crippen LogP contribution is -2.34. The number of amides is 1. The Morgan fingerprint density at radius 3 is 2.95 bits per heavy atom. The topological polar surface area (TPSA) is 51.7 Å². The van der Waals surface area contributed by atoms with Gasteiger partial charge in [-0.25, -0.2) is 9.78 Å². The molecule has 114 valence electrons. The van der Waals surface area contributed by atoms with Crippen LogP contribution in [-0.4, -0.2) is 34.7 Å². The van der Waals surface area contributed by atoms with Gasteiger partial charge in [-0.2, -0.15) is 0 Å². The maximum Gasteiger partial charge on any atom is 0.414 e. The van der Waals surface area contributed by atoms with Crippen molar-refractivity contribution in [3.63, 3.8) is 0 Å². The average Bonchev–Trinajstić information content (AvgIpc) is 2.85. The molecule has 0 radical (unpaired) electrons. The summed E-state index contributed by atoms with van der Waals surface area (Å²) >= 11 is 2.14. The number of pyridine rings is 1. The summed E-state index contributed by atoms with van der Waals surface area (Å²) in [5.41, 5.74) is -0.481. The third-order valence-corrected chi connectivity index (χ3v) is 3.59. The van der Waals surface area contributed by atoms with E-state index in [1.54, 1.807) is 17.3 Å². The Bertz CT molecular complexity index is 540. The molecule has 2 heterocycles. The molecule has 1 aromatic heterocycles. The number of rotatable bonds is 3. The highest BCUT2D eigenvalue weighted by Gasteiger charge is 2.26. The molecule has 0 N–H and O–H groups in total. The minimum Gasteiger partial charge on any atom is -0.490 e. The lowest BCUT2D eigenvalue weighted by molar-refractivity contribution is 0.0333. The zero-order valence-electron chi connectivity index (χ0n) is 12.4. The minimum absolute atomic E-state index is 0.161. The largest absolute Gasteiger partial charge is 0.490 e. The van der Waals surface area contributed by atoms with Crippen LogP contribution in [0, 0.1) is 9.62 Å². The molecule has 1 aromatic rings. The second-order valence-electron chi connectivity index (χ2n) is 5.84. The SMILES string of the molecule is CC(C)(C)OC(=O)N1C=CC(COc2cccnc2I)C1. The number of ether oxygens (including phenoxy) is 2. The molecule has 2 rings (SSSR count). The summed E-state index contributed by atoms with van der Waals surface area (Å²) in [4.78, 5) is 17.7. The van der Waals surface area contributed by atoms with Gasteiger partial charge in [0, 0.05) is 24.9 Å². The van der Waals surface area contributed by atoms with Gasteiger partial charge in [-0.3, -0.25) is 4.90 Å². The number of hydrogen-bond donors (Lipinski definition) is 0. The van der Waals surface area contributed by atoms with Gasteiger partial charge in [-0.15, -0.1) is 0 Å². The Labute approximate surface area is 138 Å². The zero-order chi connectivity index (χ0) is 15.5. The summed E-state index contributed by atoms with van der Waals surface area (Å²) in [6, 6.07) is 3.73. The molecule has 0 spiro atoms. The van der Waals surface area contributed by atoms with Gasteiger partial charge in [-0.05, 0) is 55.5 Å². The number of carbonyl (C=O) groups excluding carboxylic acids is 1. The first-order chi connectivity index (χ1) is 9.85. The molecule has 0 aromatic carbocycles. The van der Waals surface area contributed by atoms with Crippen molar-refractivity contribution in [1.82, 2.24) is 9.88 Å². The highest BCUT2D eigenvalue weighted by Crippen LogP contribution is 2.21. The van der Waals surface area contributed by atoms with Crippen molar-refractivity contribution in [2.24, 2.45) is 5.92 Å². The van der Waals surface area contributed by atoms with Crippen molar-refractivity contribution in [1.29, 1.82) is 0 Å². The fourth-order valence-corrected chi connectivity index (χ4v) is 2.34. The minimum atomic E-state index is -0.481. The van der Waals surface area contributed by atoms with E-state index in [1.807, 2.05) is 39.0 Å². The van der Waals surface area contributed by atoms with Crippen molar-refractivity contribution in [2.75, 3.05) is 13.2 Å². The van der Waals surface area contributed by atoms with Crippen molar-refractivity contribution < 1.29 is 14.3 Å². The van der Waals surface area contributed by atoms with Gasteiger partial charge in [0.2, 0.25) is 0 Å². The Balaban J connectivity index is 1.83. The number of hydrogen-bond acceptors (Lipinski definition) is 4. The first-order valence-corrected chi connectivity index (χ1v) is 7.84. The maximum absolute atomic E-state index is 11.9. The third kappa shape index (κ3) is 4.87. The van der Waals surface area contributed by atoms with E-state index in [0.717, 1.165) is 9.45 Å². The van der Waals surface area contributed by atoms with Crippen LogP contribution in [0.3, 0.4) is 0 Å². The highest BCUT2D eigenvalue weighted by atomic mass is 127. The molecule has 21 heavy (non-hydrogen) atoms. The summed E-state index contributed by atoms with van der Waals surface area (Å²) in [5.74, 6) is 0.927. The fourth-order valence-electron chi connectivity index (χ4n) is 1.84. The Morgan fingerprint density at radius 1 is 1.52 bits per heavy atom. The average molecular weight is 402 g/mol. The summed E-state index contributed by atoms with van der Waals surface area (Å²) in [6.07, 6.45) is 5.13. The molecular weight excluding hydrogens is 383 g/mol. The first kappa shape index (κ1) is 16.1. The van der Waals surface area contributed by atoms with E-state index in [2.05, 4.69) is 27.6 Å². The van der Waals surface area contributed by atoms with Crippen LogP contribution in [0.15, 0.2) is 30.6 Å². The van der Waals surface area contributed by atoms with E-state index in [1.165, 1.54) is 0 Å². The van der Waals surface area contributed by atoms with Gasteiger partial charge < -0.3 is 9.47 Å². The number of nitrogens with zero attached hydrogens (tertiary/aromatic N) is 2. The van der Waals surface area contributed by atoms with Crippen LogP contribution in [0.1, 0.15) is 20.8 Å². The van der Waals surface area contributed by atoms with E-state index in [9.17, 15) is 4.79 Å². The molecule has 0 saturated carbocycles. The Kier molecular flexibility index (Phi) is 5.08. The van der Waals surface area contributed by atoms with Crippen LogP contribution < -0.4 is 4.74 Å². The molecule has 0 bridgehead atoms. The molecule has 0 fully saturated rings. The summed E-state index contributed by atoms with van der Waals surface area (Å²) in [7, 11) is 0. The molecule has 0 saturated heterocycles. The smallest absolute Gasteiger partial charge is 0.414 e. The van der Waals surface area contributed by atoms with E-state index < -0.39 is 5.60 Å². The standard InChI is InChI=1S/C15H19IN2O3/c1-15(2,3)21-14(19)18-8-6-11(9-18)10-20-12-5-4-7-17-13(12)16/h4-8,11H,9-10H2,1-3H3. The molecule has 1 unspecified atom stereocenters. The maximum atomic E-state index is 11.9. The molecule has 1 atom stereocenters. The van der Waals surface area contributed by atoms with Crippen molar-refractivity contribution in [3.8, 4) is 5.75 Å². The van der Waals surface area contributed by atoms with Gasteiger partial charge in [0.25, 0.3) is 0 Å². The highest BCUT2D eigenvalue weighted by molar-refractivity contribution is 14.1. The van der Waals surface area contributed by atoms with Gasteiger partial charge in [0.15, 0.2) is 5.75 Å². The summed E-state index contributed by atoms with van der Waals surface area (Å²) < 4.78 is 11.9. The van der Waals surface area contributed by atoms with Crippen LogP contribution in [0.4, 0.5) is 4.79 Å². The molecule has 1 amide bonds. The van der Waals surface area contributed by atoms with Crippen LogP contribution in [0.5, 0.6) is 5.75 Å². The van der Waals surface area contributed by atoms with Gasteiger partial charge in [0.1, 0.15) is 9.30 Å². The molecule has 0 aliphatic carbocycles. The monoisotopic (exact) mass is 402 g/mol. The fraction of sp³-hybridized carbons (Fsp3) is 0.467. The van der Waals surface area contributed by atoms with E-state index in [-0.39, 0.29) is 12.0 Å². The third-order valence-electron chi connectivity index (χ3n) is 2.78. The summed E-state index contributed by atoms with van der Waals surface area (Å²) in [5, 5.41) is 0. The van der Waals surface area contributed by atoms with Crippen LogP contribution >= 0.6 is 22.6 Å². The van der Waals surface area contributed by atoms with E-state index in [0.29, 0.717) is 13.2 Å². The second kappa shape index (κ2) is 6.64. The van der Waals surface area contributed by atoms with Gasteiger partial charge in [-0.1, -0.05) is 6.08 Å². The molecule has 5 nitrogen and oxygen atoms in total. The van der Waals surface area contributed by atoms with Crippen molar-refractivity contribution >= 4 is 28.7 Å². The molecule has 1 aliphatic heterocycles.